The summed E-state index contributed by atoms with van der Waals surface area (Å²) in [4.78, 5) is 43.2. The van der Waals surface area contributed by atoms with Crippen molar-refractivity contribution in [3.05, 3.63) is 106 Å². The normalized spacial score (nSPS) is 17.1. The number of imide groups is 1. The van der Waals surface area contributed by atoms with Gasteiger partial charge in [-0.25, -0.2) is 8.78 Å². The Balaban J connectivity index is 1.21. The summed E-state index contributed by atoms with van der Waals surface area (Å²) in [5.74, 6) is -1.26. The highest BCUT2D eigenvalue weighted by atomic mass is 32.2. The van der Waals surface area contributed by atoms with Crippen LogP contribution in [0.15, 0.2) is 77.7 Å². The second-order valence-corrected chi connectivity index (χ2v) is 9.74. The van der Waals surface area contributed by atoms with Crippen LogP contribution in [0.3, 0.4) is 0 Å². The number of hydrogen-bond donors (Lipinski definition) is 0. The van der Waals surface area contributed by atoms with Crippen molar-refractivity contribution in [1.29, 1.82) is 0 Å². The van der Waals surface area contributed by atoms with Crippen molar-refractivity contribution >= 4 is 40.6 Å². The summed E-state index contributed by atoms with van der Waals surface area (Å²) < 4.78 is 27.5. The topological polar surface area (TPSA) is 60.9 Å². The van der Waals surface area contributed by atoms with Crippen molar-refractivity contribution in [1.82, 2.24) is 9.80 Å². The van der Waals surface area contributed by atoms with Crippen LogP contribution in [0.5, 0.6) is 0 Å². The highest BCUT2D eigenvalue weighted by Gasteiger charge is 2.35. The van der Waals surface area contributed by atoms with Gasteiger partial charge in [-0.15, -0.1) is 0 Å². The van der Waals surface area contributed by atoms with E-state index >= 15 is 0 Å². The maximum atomic E-state index is 14.1. The molecule has 0 spiro atoms. The number of anilines is 1. The molecule has 0 bridgehead atoms. The zero-order chi connectivity index (χ0) is 25.9. The van der Waals surface area contributed by atoms with Crippen molar-refractivity contribution in [2.45, 2.75) is 6.54 Å². The van der Waals surface area contributed by atoms with Crippen LogP contribution in [0, 0.1) is 11.6 Å². The van der Waals surface area contributed by atoms with E-state index in [0.717, 1.165) is 16.7 Å². The van der Waals surface area contributed by atoms with Crippen molar-refractivity contribution in [2.75, 3.05) is 31.1 Å². The predicted molar refractivity (Wildman–Crippen MR) is 139 cm³/mol. The number of thioether (sulfide) groups is 1. The Bertz CT molecular complexity index is 1390. The fraction of sp³-hybridized carbons (Fsp3) is 0.179. The van der Waals surface area contributed by atoms with E-state index < -0.39 is 17.0 Å². The summed E-state index contributed by atoms with van der Waals surface area (Å²) in [6.07, 6.45) is 1.61. The molecule has 0 unspecified atom stereocenters. The Labute approximate surface area is 217 Å². The van der Waals surface area contributed by atoms with Gasteiger partial charge in [0, 0.05) is 31.7 Å². The Morgan fingerprint density at radius 3 is 2.32 bits per heavy atom. The van der Waals surface area contributed by atoms with E-state index in [2.05, 4.69) is 0 Å². The first-order valence-corrected chi connectivity index (χ1v) is 12.6. The summed E-state index contributed by atoms with van der Waals surface area (Å²) in [6, 6.07) is 19.2. The minimum absolute atomic E-state index is 0.00260. The number of amides is 3. The molecule has 3 amide bonds. The summed E-state index contributed by atoms with van der Waals surface area (Å²) in [7, 11) is 0. The Morgan fingerprint density at radius 2 is 1.62 bits per heavy atom. The Hall–Kier alpha value is -3.98. The van der Waals surface area contributed by atoms with E-state index in [1.54, 1.807) is 59.5 Å². The van der Waals surface area contributed by atoms with Gasteiger partial charge in [0.15, 0.2) is 0 Å². The van der Waals surface area contributed by atoms with Gasteiger partial charge in [0.1, 0.15) is 11.6 Å². The SMILES string of the molecule is O=C(c1ccc(/C=C2\SC(=O)N(Cc3cccc(F)c3)C2=O)cc1)N1CCN(c2ccccc2F)CC1. The van der Waals surface area contributed by atoms with E-state index in [4.69, 9.17) is 0 Å². The number of carbonyl (C=O) groups is 3. The number of nitrogens with zero attached hydrogens (tertiary/aromatic N) is 3. The third-order valence-electron chi connectivity index (χ3n) is 6.32. The van der Waals surface area contributed by atoms with E-state index in [9.17, 15) is 23.2 Å². The number of para-hydroxylation sites is 1. The molecular formula is C28H23F2N3O3S. The highest BCUT2D eigenvalue weighted by Crippen LogP contribution is 2.33. The molecule has 5 rings (SSSR count). The molecule has 2 fully saturated rings. The number of benzene rings is 3. The molecule has 9 heteroatoms. The first-order chi connectivity index (χ1) is 17.9. The second-order valence-electron chi connectivity index (χ2n) is 8.75. The minimum atomic E-state index is -0.438. The molecule has 3 aromatic rings. The smallest absolute Gasteiger partial charge is 0.293 e. The quantitative estimate of drug-likeness (QED) is 0.436. The molecule has 188 valence electrons. The first kappa shape index (κ1) is 24.7. The molecule has 0 radical (unpaired) electrons. The highest BCUT2D eigenvalue weighted by molar-refractivity contribution is 8.18. The van der Waals surface area contributed by atoms with Crippen LogP contribution < -0.4 is 4.90 Å². The molecule has 0 saturated carbocycles. The average Bonchev–Trinajstić information content (AvgIpc) is 3.16. The van der Waals surface area contributed by atoms with Gasteiger partial charge in [0.05, 0.1) is 17.1 Å². The number of carbonyl (C=O) groups excluding carboxylic acids is 3. The Morgan fingerprint density at radius 1 is 0.892 bits per heavy atom. The third kappa shape index (κ3) is 5.41. The molecule has 0 N–H and O–H groups in total. The largest absolute Gasteiger partial charge is 0.366 e. The summed E-state index contributed by atoms with van der Waals surface area (Å²) in [5, 5.41) is -0.415. The zero-order valence-corrected chi connectivity index (χ0v) is 20.6. The molecule has 0 atom stereocenters. The molecular weight excluding hydrogens is 496 g/mol. The van der Waals surface area contributed by atoms with Crippen LogP contribution >= 0.6 is 11.8 Å². The van der Waals surface area contributed by atoms with Gasteiger partial charge in [-0.2, -0.15) is 0 Å². The monoisotopic (exact) mass is 519 g/mol. The van der Waals surface area contributed by atoms with Crippen LogP contribution in [-0.2, 0) is 11.3 Å². The molecule has 2 saturated heterocycles. The average molecular weight is 520 g/mol. The van der Waals surface area contributed by atoms with Crippen molar-refractivity contribution in [3.8, 4) is 0 Å². The molecule has 37 heavy (non-hydrogen) atoms. The number of halogens is 2. The van der Waals surface area contributed by atoms with Crippen LogP contribution in [0.25, 0.3) is 6.08 Å². The zero-order valence-electron chi connectivity index (χ0n) is 19.8. The summed E-state index contributed by atoms with van der Waals surface area (Å²) >= 11 is 0.831. The third-order valence-corrected chi connectivity index (χ3v) is 7.23. The van der Waals surface area contributed by atoms with Crippen LogP contribution in [0.4, 0.5) is 19.3 Å². The lowest BCUT2D eigenvalue weighted by Crippen LogP contribution is -2.49. The second kappa shape index (κ2) is 10.6. The lowest BCUT2D eigenvalue weighted by atomic mass is 10.1. The first-order valence-electron chi connectivity index (χ1n) is 11.8. The maximum Gasteiger partial charge on any atom is 0.293 e. The molecule has 2 heterocycles. The van der Waals surface area contributed by atoms with Gasteiger partial charge in [-0.1, -0.05) is 36.4 Å². The predicted octanol–water partition coefficient (Wildman–Crippen LogP) is 5.16. The Kier molecular flexibility index (Phi) is 7.05. The molecule has 2 aliphatic rings. The molecule has 2 aliphatic heterocycles. The van der Waals surface area contributed by atoms with Crippen molar-refractivity contribution < 1.29 is 23.2 Å². The summed E-state index contributed by atoms with van der Waals surface area (Å²) in [6.45, 7) is 2.03. The maximum absolute atomic E-state index is 14.1. The lowest BCUT2D eigenvalue weighted by Gasteiger charge is -2.36. The van der Waals surface area contributed by atoms with Gasteiger partial charge in [0.2, 0.25) is 0 Å². The van der Waals surface area contributed by atoms with Crippen LogP contribution in [0.1, 0.15) is 21.5 Å². The van der Waals surface area contributed by atoms with E-state index in [0.29, 0.717) is 48.6 Å². The standard InChI is InChI=1S/C28H23F2N3O3S/c29-22-5-3-4-20(16-22)18-33-27(35)25(37-28(33)36)17-19-8-10-21(11-9-19)26(34)32-14-12-31(13-15-32)24-7-2-1-6-23(24)30/h1-11,16-17H,12-15,18H2/b25-17-. The lowest BCUT2D eigenvalue weighted by molar-refractivity contribution is -0.123. The fourth-order valence-electron chi connectivity index (χ4n) is 4.37. The fourth-order valence-corrected chi connectivity index (χ4v) is 5.21. The van der Waals surface area contributed by atoms with Gasteiger partial charge in [0.25, 0.3) is 17.1 Å². The number of rotatable bonds is 5. The molecule has 0 aliphatic carbocycles. The van der Waals surface area contributed by atoms with E-state index in [1.807, 2.05) is 4.90 Å². The van der Waals surface area contributed by atoms with Gasteiger partial charge in [-0.3, -0.25) is 19.3 Å². The van der Waals surface area contributed by atoms with E-state index in [-0.39, 0.29) is 23.2 Å². The number of hydrogen-bond acceptors (Lipinski definition) is 5. The molecule has 3 aromatic carbocycles. The van der Waals surface area contributed by atoms with Crippen molar-refractivity contribution in [3.63, 3.8) is 0 Å². The van der Waals surface area contributed by atoms with Crippen LogP contribution in [0.2, 0.25) is 0 Å². The summed E-state index contributed by atoms with van der Waals surface area (Å²) in [5.41, 5.74) is 2.26. The van der Waals surface area contributed by atoms with Gasteiger partial charge >= 0.3 is 0 Å². The molecule has 6 nitrogen and oxygen atoms in total. The van der Waals surface area contributed by atoms with Crippen LogP contribution in [-0.4, -0.2) is 53.0 Å². The van der Waals surface area contributed by atoms with Crippen molar-refractivity contribution in [2.24, 2.45) is 0 Å². The van der Waals surface area contributed by atoms with E-state index in [1.165, 1.54) is 24.3 Å². The minimum Gasteiger partial charge on any atom is -0.366 e. The molecule has 0 aromatic heterocycles. The van der Waals surface area contributed by atoms with Gasteiger partial charge in [-0.05, 0) is 65.4 Å². The number of piperazine rings is 1. The van der Waals surface area contributed by atoms with Gasteiger partial charge < -0.3 is 9.80 Å².